The molecule has 0 spiro atoms. The average Bonchev–Trinajstić information content (AvgIpc) is 2.70. The molecule has 0 aliphatic heterocycles. The third kappa shape index (κ3) is 0.744. The molecule has 64 valence electrons. The molecule has 4 nitrogen and oxygen atoms in total. The van der Waals surface area contributed by atoms with Crippen LogP contribution in [-0.2, 0) is 0 Å². The van der Waals surface area contributed by atoms with Crippen molar-refractivity contribution in [3.63, 3.8) is 0 Å². The van der Waals surface area contributed by atoms with Crippen molar-refractivity contribution in [2.24, 2.45) is 0 Å². The van der Waals surface area contributed by atoms with Crippen LogP contribution in [0.4, 0.5) is 0 Å². The summed E-state index contributed by atoms with van der Waals surface area (Å²) in [6.07, 6.45) is 1.82. The second kappa shape index (κ2) is 2.10. The molecule has 4 heteroatoms. The second-order valence-corrected chi connectivity index (χ2v) is 3.13. The van der Waals surface area contributed by atoms with Crippen LogP contribution < -0.4 is 0 Å². The highest BCUT2D eigenvalue weighted by Gasteiger charge is 2.06. The molecule has 0 atom stereocenters. The number of nitrogens with zero attached hydrogens (tertiary/aromatic N) is 2. The first-order chi connectivity index (χ1) is 6.36. The minimum Gasteiger partial charge on any atom is -0.277 e. The maximum atomic E-state index is 4.15. The van der Waals surface area contributed by atoms with Crippen molar-refractivity contribution >= 4 is 21.8 Å². The van der Waals surface area contributed by atoms with Crippen LogP contribution in [0.3, 0.4) is 0 Å². The number of hydrogen-bond acceptors (Lipinski definition) is 2. The van der Waals surface area contributed by atoms with Crippen molar-refractivity contribution < 1.29 is 0 Å². The van der Waals surface area contributed by atoms with Gasteiger partial charge in [-0.3, -0.25) is 10.2 Å². The fourth-order valence-electron chi connectivity index (χ4n) is 1.68. The van der Waals surface area contributed by atoms with Gasteiger partial charge in [0.2, 0.25) is 0 Å². The molecule has 0 saturated carbocycles. The highest BCUT2D eigenvalue weighted by molar-refractivity contribution is 6.04. The zero-order valence-corrected chi connectivity index (χ0v) is 7.13. The summed E-state index contributed by atoms with van der Waals surface area (Å²) in [5, 5.41) is 16.4. The van der Waals surface area contributed by atoms with Crippen molar-refractivity contribution in [2.45, 2.75) is 6.92 Å². The van der Waals surface area contributed by atoms with Crippen LogP contribution >= 0.6 is 0 Å². The molecule has 2 aromatic heterocycles. The maximum absolute atomic E-state index is 4.15. The Hall–Kier alpha value is -1.84. The Morgan fingerprint density at radius 2 is 2.15 bits per heavy atom. The molecule has 1 aromatic carbocycles. The SMILES string of the molecule is Cc1n[nH]c2ccc3cn[nH]c3c12. The second-order valence-electron chi connectivity index (χ2n) is 3.13. The Morgan fingerprint density at radius 1 is 1.23 bits per heavy atom. The summed E-state index contributed by atoms with van der Waals surface area (Å²) >= 11 is 0. The Labute approximate surface area is 74.0 Å². The summed E-state index contributed by atoms with van der Waals surface area (Å²) in [5.41, 5.74) is 3.11. The Kier molecular flexibility index (Phi) is 1.07. The van der Waals surface area contributed by atoms with E-state index in [9.17, 15) is 0 Å². The van der Waals surface area contributed by atoms with E-state index < -0.39 is 0 Å². The van der Waals surface area contributed by atoms with Crippen molar-refractivity contribution in [1.82, 2.24) is 20.4 Å². The average molecular weight is 172 g/mol. The van der Waals surface area contributed by atoms with E-state index in [-0.39, 0.29) is 0 Å². The normalized spacial score (nSPS) is 11.5. The summed E-state index contributed by atoms with van der Waals surface area (Å²) < 4.78 is 0. The minimum absolute atomic E-state index is 1.00. The summed E-state index contributed by atoms with van der Waals surface area (Å²) in [6, 6.07) is 4.05. The van der Waals surface area contributed by atoms with Crippen LogP contribution in [0.5, 0.6) is 0 Å². The van der Waals surface area contributed by atoms with Gasteiger partial charge in [0, 0.05) is 10.8 Å². The van der Waals surface area contributed by atoms with Crippen molar-refractivity contribution in [1.29, 1.82) is 0 Å². The van der Waals surface area contributed by atoms with Crippen molar-refractivity contribution in [3.8, 4) is 0 Å². The number of fused-ring (bicyclic) bond motifs is 3. The smallest absolute Gasteiger partial charge is 0.0763 e. The number of aromatic amines is 2. The van der Waals surface area contributed by atoms with E-state index >= 15 is 0 Å². The third-order valence-corrected chi connectivity index (χ3v) is 2.32. The number of hydrogen-bond donors (Lipinski definition) is 2. The monoisotopic (exact) mass is 172 g/mol. The fourth-order valence-corrected chi connectivity index (χ4v) is 1.68. The molecule has 2 N–H and O–H groups in total. The quantitative estimate of drug-likeness (QED) is 0.542. The van der Waals surface area contributed by atoms with Gasteiger partial charge in [-0.2, -0.15) is 10.2 Å². The van der Waals surface area contributed by atoms with Gasteiger partial charge in [-0.05, 0) is 19.1 Å². The Morgan fingerprint density at radius 3 is 3.08 bits per heavy atom. The van der Waals surface area contributed by atoms with Crippen molar-refractivity contribution in [2.75, 3.05) is 0 Å². The molecule has 3 rings (SSSR count). The number of H-pyrrole nitrogens is 2. The van der Waals surface area contributed by atoms with Gasteiger partial charge < -0.3 is 0 Å². The third-order valence-electron chi connectivity index (χ3n) is 2.32. The number of rotatable bonds is 0. The Balaban J connectivity index is 2.70. The van der Waals surface area contributed by atoms with Gasteiger partial charge in [0.1, 0.15) is 0 Å². The lowest BCUT2D eigenvalue weighted by atomic mass is 10.1. The van der Waals surface area contributed by atoms with E-state index in [4.69, 9.17) is 0 Å². The molecule has 0 radical (unpaired) electrons. The van der Waals surface area contributed by atoms with Gasteiger partial charge >= 0.3 is 0 Å². The fraction of sp³-hybridized carbons (Fsp3) is 0.111. The standard InChI is InChI=1S/C9H8N4/c1-5-8-7(12-11-5)3-2-6-4-10-13-9(6)8/h2-4H,1H3,(H,10,13)(H,11,12). The zero-order valence-electron chi connectivity index (χ0n) is 7.13. The van der Waals surface area contributed by atoms with E-state index in [1.165, 1.54) is 0 Å². The molecular weight excluding hydrogens is 164 g/mol. The molecule has 0 saturated heterocycles. The lowest BCUT2D eigenvalue weighted by Crippen LogP contribution is -1.74. The molecule has 0 bridgehead atoms. The van der Waals surface area contributed by atoms with Gasteiger partial charge in [-0.25, -0.2) is 0 Å². The molecular formula is C9H8N4. The summed E-state index contributed by atoms with van der Waals surface area (Å²) in [4.78, 5) is 0. The van der Waals surface area contributed by atoms with E-state index in [0.29, 0.717) is 0 Å². The van der Waals surface area contributed by atoms with Crippen LogP contribution in [0.15, 0.2) is 18.3 Å². The summed E-state index contributed by atoms with van der Waals surface area (Å²) in [5.74, 6) is 0. The largest absolute Gasteiger partial charge is 0.277 e. The first-order valence-electron chi connectivity index (χ1n) is 4.13. The molecule has 0 aliphatic rings. The van der Waals surface area contributed by atoms with Crippen molar-refractivity contribution in [3.05, 3.63) is 24.0 Å². The van der Waals surface area contributed by atoms with Gasteiger partial charge in [0.25, 0.3) is 0 Å². The molecule has 0 fully saturated rings. The first-order valence-corrected chi connectivity index (χ1v) is 4.13. The topological polar surface area (TPSA) is 57.4 Å². The lowest BCUT2D eigenvalue weighted by molar-refractivity contribution is 1.07. The summed E-state index contributed by atoms with van der Waals surface area (Å²) in [6.45, 7) is 1.99. The van der Waals surface area contributed by atoms with Crippen LogP contribution in [0, 0.1) is 6.92 Å². The van der Waals surface area contributed by atoms with Gasteiger partial charge in [0.15, 0.2) is 0 Å². The van der Waals surface area contributed by atoms with Crippen LogP contribution in [0.25, 0.3) is 21.8 Å². The molecule has 13 heavy (non-hydrogen) atoms. The van der Waals surface area contributed by atoms with E-state index in [1.54, 1.807) is 0 Å². The molecule has 0 unspecified atom stereocenters. The summed E-state index contributed by atoms with van der Waals surface area (Å²) in [7, 11) is 0. The van der Waals surface area contributed by atoms with Gasteiger partial charge in [0.05, 0.1) is 22.9 Å². The van der Waals surface area contributed by atoms with Crippen LogP contribution in [0.1, 0.15) is 5.69 Å². The van der Waals surface area contributed by atoms with Gasteiger partial charge in [-0.15, -0.1) is 0 Å². The van der Waals surface area contributed by atoms with Gasteiger partial charge in [-0.1, -0.05) is 0 Å². The number of aromatic nitrogens is 4. The highest BCUT2D eigenvalue weighted by atomic mass is 15.1. The first kappa shape index (κ1) is 6.65. The predicted molar refractivity (Wildman–Crippen MR) is 50.5 cm³/mol. The predicted octanol–water partition coefficient (Wildman–Crippen LogP) is 1.75. The highest BCUT2D eigenvalue weighted by Crippen LogP contribution is 2.23. The molecule has 2 heterocycles. The number of aryl methyl sites for hydroxylation is 1. The molecule has 0 amide bonds. The van der Waals surface area contributed by atoms with Crippen LogP contribution in [0.2, 0.25) is 0 Å². The molecule has 0 aliphatic carbocycles. The lowest BCUT2D eigenvalue weighted by Gasteiger charge is -1.91. The van der Waals surface area contributed by atoms with E-state index in [0.717, 1.165) is 27.5 Å². The van der Waals surface area contributed by atoms with Crippen LogP contribution in [-0.4, -0.2) is 20.4 Å². The number of nitrogens with one attached hydrogen (secondary N) is 2. The molecule has 3 aromatic rings. The van der Waals surface area contributed by atoms with E-state index in [2.05, 4.69) is 20.4 Å². The Bertz CT molecular complexity index is 575. The minimum atomic E-state index is 1.00. The number of benzene rings is 1. The van der Waals surface area contributed by atoms with E-state index in [1.807, 2.05) is 25.3 Å². The zero-order chi connectivity index (χ0) is 8.84. The maximum Gasteiger partial charge on any atom is 0.0763 e.